The summed E-state index contributed by atoms with van der Waals surface area (Å²) < 4.78 is 6.87. The van der Waals surface area contributed by atoms with Crippen molar-refractivity contribution in [2.24, 2.45) is 0 Å². The Kier molecular flexibility index (Phi) is 3.04. The summed E-state index contributed by atoms with van der Waals surface area (Å²) in [5, 5.41) is 3.95. The minimum absolute atomic E-state index is 0.186. The summed E-state index contributed by atoms with van der Waals surface area (Å²) in [7, 11) is 1.69. The fraction of sp³-hybridized carbons (Fsp3) is 0.714. The normalized spacial score (nSPS) is 13.2. The van der Waals surface area contributed by atoms with Crippen molar-refractivity contribution in [2.75, 3.05) is 12.8 Å². The van der Waals surface area contributed by atoms with Gasteiger partial charge < -0.3 is 10.5 Å². The van der Waals surface area contributed by atoms with E-state index in [0.717, 1.165) is 6.42 Å². The Morgan fingerprint density at radius 2 is 2.50 bits per heavy atom. The highest BCUT2D eigenvalue weighted by Crippen LogP contribution is 2.00. The quantitative estimate of drug-likeness (QED) is 0.705. The minimum atomic E-state index is 0.186. The summed E-state index contributed by atoms with van der Waals surface area (Å²) in [5.74, 6) is 0.306. The van der Waals surface area contributed by atoms with Crippen molar-refractivity contribution < 1.29 is 4.74 Å². The van der Waals surface area contributed by atoms with Crippen LogP contribution >= 0.6 is 0 Å². The van der Waals surface area contributed by atoms with Gasteiger partial charge in [-0.25, -0.2) is 9.67 Å². The van der Waals surface area contributed by atoms with Gasteiger partial charge in [-0.15, -0.1) is 5.10 Å². The van der Waals surface area contributed by atoms with Crippen molar-refractivity contribution in [3.8, 4) is 0 Å². The largest absolute Gasteiger partial charge is 0.380 e. The molecule has 0 aliphatic carbocycles. The molecule has 0 amide bonds. The number of hydrogen-bond acceptors (Lipinski definition) is 4. The molecule has 12 heavy (non-hydrogen) atoms. The number of rotatable bonds is 4. The molecule has 0 fully saturated rings. The van der Waals surface area contributed by atoms with Gasteiger partial charge in [0.05, 0.1) is 12.6 Å². The van der Waals surface area contributed by atoms with Crippen LogP contribution in [-0.2, 0) is 11.3 Å². The van der Waals surface area contributed by atoms with Crippen LogP contribution in [0.1, 0.15) is 13.3 Å². The zero-order valence-electron chi connectivity index (χ0n) is 7.40. The molecule has 0 bridgehead atoms. The zero-order chi connectivity index (χ0) is 8.97. The Bertz CT molecular complexity index is 231. The van der Waals surface area contributed by atoms with Crippen LogP contribution in [0.4, 0.5) is 5.95 Å². The number of hydrogen-bond donors (Lipinski definition) is 1. The standard InChI is InChI=1S/C7H14N4O/c1-3-6(12-2)4-11-5-9-7(8)10-11/h5-6H,3-4H2,1-2H3,(H2,8,10). The van der Waals surface area contributed by atoms with E-state index in [1.54, 1.807) is 18.1 Å². The van der Waals surface area contributed by atoms with E-state index in [4.69, 9.17) is 10.5 Å². The van der Waals surface area contributed by atoms with E-state index in [1.807, 2.05) is 0 Å². The summed E-state index contributed by atoms with van der Waals surface area (Å²) in [6, 6.07) is 0. The fourth-order valence-corrected chi connectivity index (χ4v) is 0.976. The lowest BCUT2D eigenvalue weighted by atomic mass is 10.3. The summed E-state index contributed by atoms with van der Waals surface area (Å²) in [6.07, 6.45) is 2.75. The molecule has 0 aromatic carbocycles. The molecular weight excluding hydrogens is 156 g/mol. The third kappa shape index (κ3) is 2.20. The van der Waals surface area contributed by atoms with E-state index in [1.165, 1.54) is 0 Å². The molecule has 5 heteroatoms. The SMILES string of the molecule is CCC(Cn1cnc(N)n1)OC. The second-order valence-electron chi connectivity index (χ2n) is 2.59. The highest BCUT2D eigenvalue weighted by molar-refractivity contribution is 5.09. The molecule has 2 N–H and O–H groups in total. The van der Waals surface area contributed by atoms with Gasteiger partial charge >= 0.3 is 0 Å². The summed E-state index contributed by atoms with van der Waals surface area (Å²) in [5.41, 5.74) is 5.35. The van der Waals surface area contributed by atoms with Gasteiger partial charge in [0.25, 0.3) is 0 Å². The average Bonchev–Trinajstić information content (AvgIpc) is 2.47. The molecule has 0 aliphatic heterocycles. The topological polar surface area (TPSA) is 66.0 Å². The van der Waals surface area contributed by atoms with Crippen LogP contribution in [0, 0.1) is 0 Å². The van der Waals surface area contributed by atoms with E-state index in [9.17, 15) is 0 Å². The van der Waals surface area contributed by atoms with Gasteiger partial charge in [0, 0.05) is 7.11 Å². The van der Waals surface area contributed by atoms with Crippen LogP contribution < -0.4 is 5.73 Å². The Balaban J connectivity index is 2.50. The lowest BCUT2D eigenvalue weighted by Crippen LogP contribution is -2.18. The molecule has 0 radical (unpaired) electrons. The molecule has 68 valence electrons. The van der Waals surface area contributed by atoms with Gasteiger partial charge in [-0.2, -0.15) is 0 Å². The second kappa shape index (κ2) is 4.06. The first-order valence-corrected chi connectivity index (χ1v) is 3.94. The first-order valence-electron chi connectivity index (χ1n) is 3.94. The highest BCUT2D eigenvalue weighted by atomic mass is 16.5. The number of nitrogens with zero attached hydrogens (tertiary/aromatic N) is 3. The van der Waals surface area contributed by atoms with Crippen LogP contribution in [0.25, 0.3) is 0 Å². The molecule has 5 nitrogen and oxygen atoms in total. The Morgan fingerprint density at radius 3 is 2.92 bits per heavy atom. The van der Waals surface area contributed by atoms with Crippen molar-refractivity contribution >= 4 is 5.95 Å². The van der Waals surface area contributed by atoms with Gasteiger partial charge in [0.1, 0.15) is 6.33 Å². The smallest absolute Gasteiger partial charge is 0.239 e. The molecule has 1 heterocycles. The molecule has 0 aliphatic rings. The van der Waals surface area contributed by atoms with Crippen molar-refractivity contribution in [1.29, 1.82) is 0 Å². The number of nitrogens with two attached hydrogens (primary N) is 1. The summed E-state index contributed by atoms with van der Waals surface area (Å²) >= 11 is 0. The van der Waals surface area contributed by atoms with Crippen LogP contribution in [0.5, 0.6) is 0 Å². The minimum Gasteiger partial charge on any atom is -0.380 e. The average molecular weight is 170 g/mol. The van der Waals surface area contributed by atoms with Crippen LogP contribution in [0.3, 0.4) is 0 Å². The second-order valence-corrected chi connectivity index (χ2v) is 2.59. The predicted octanol–water partition coefficient (Wildman–Crippen LogP) is 0.285. The van der Waals surface area contributed by atoms with Gasteiger partial charge in [0.15, 0.2) is 0 Å². The van der Waals surface area contributed by atoms with E-state index in [2.05, 4.69) is 17.0 Å². The summed E-state index contributed by atoms with van der Waals surface area (Å²) in [4.78, 5) is 3.81. The molecule has 0 saturated carbocycles. The number of aromatic nitrogens is 3. The first kappa shape index (κ1) is 8.99. The van der Waals surface area contributed by atoms with Crippen molar-refractivity contribution in [3.63, 3.8) is 0 Å². The van der Waals surface area contributed by atoms with Gasteiger partial charge in [-0.05, 0) is 6.42 Å². The third-order valence-electron chi connectivity index (χ3n) is 1.73. The highest BCUT2D eigenvalue weighted by Gasteiger charge is 2.05. The summed E-state index contributed by atoms with van der Waals surface area (Å²) in [6.45, 7) is 2.77. The van der Waals surface area contributed by atoms with Crippen LogP contribution in [-0.4, -0.2) is 28.0 Å². The maximum atomic E-state index is 5.35. The van der Waals surface area contributed by atoms with Gasteiger partial charge in [0.2, 0.25) is 5.95 Å². The Morgan fingerprint density at radius 1 is 1.75 bits per heavy atom. The van der Waals surface area contributed by atoms with E-state index >= 15 is 0 Å². The van der Waals surface area contributed by atoms with E-state index in [-0.39, 0.29) is 6.10 Å². The molecule has 0 spiro atoms. The van der Waals surface area contributed by atoms with Gasteiger partial charge in [-0.3, -0.25) is 0 Å². The fourth-order valence-electron chi connectivity index (χ4n) is 0.976. The molecule has 1 aromatic rings. The molecule has 1 rings (SSSR count). The molecule has 0 saturated heterocycles. The maximum Gasteiger partial charge on any atom is 0.239 e. The van der Waals surface area contributed by atoms with Crippen molar-refractivity contribution in [2.45, 2.75) is 26.0 Å². The number of nitrogen functional groups attached to an aromatic ring is 1. The zero-order valence-corrected chi connectivity index (χ0v) is 7.40. The molecule has 1 aromatic heterocycles. The number of anilines is 1. The molecule has 1 unspecified atom stereocenters. The van der Waals surface area contributed by atoms with Crippen LogP contribution in [0.2, 0.25) is 0 Å². The predicted molar refractivity (Wildman–Crippen MR) is 45.5 cm³/mol. The van der Waals surface area contributed by atoms with Crippen LogP contribution in [0.15, 0.2) is 6.33 Å². The lowest BCUT2D eigenvalue weighted by molar-refractivity contribution is 0.0815. The van der Waals surface area contributed by atoms with Crippen molar-refractivity contribution in [3.05, 3.63) is 6.33 Å². The molecule has 1 atom stereocenters. The maximum absolute atomic E-state index is 5.35. The van der Waals surface area contributed by atoms with Crippen molar-refractivity contribution in [1.82, 2.24) is 14.8 Å². The number of methoxy groups -OCH3 is 1. The lowest BCUT2D eigenvalue weighted by Gasteiger charge is -2.11. The van der Waals surface area contributed by atoms with E-state index in [0.29, 0.717) is 12.5 Å². The van der Waals surface area contributed by atoms with E-state index < -0.39 is 0 Å². The molecular formula is C7H14N4O. The van der Waals surface area contributed by atoms with Gasteiger partial charge in [-0.1, -0.05) is 6.92 Å². The number of ether oxygens (including phenoxy) is 1. The monoisotopic (exact) mass is 170 g/mol. The Hall–Kier alpha value is -1.10. The third-order valence-corrected chi connectivity index (χ3v) is 1.73. The first-order chi connectivity index (χ1) is 5.76. The Labute approximate surface area is 71.5 Å².